The maximum absolute atomic E-state index is 6.46. The highest BCUT2D eigenvalue weighted by molar-refractivity contribution is 9.10. The van der Waals surface area contributed by atoms with Crippen molar-refractivity contribution in [1.82, 2.24) is 0 Å². The fraction of sp³-hybridized carbons (Fsp3) is 0.200. The lowest BCUT2D eigenvalue weighted by atomic mass is 10.0. The van der Waals surface area contributed by atoms with E-state index in [2.05, 4.69) is 15.9 Å². The molecule has 4 heteroatoms. The van der Waals surface area contributed by atoms with Gasteiger partial charge in [-0.1, -0.05) is 35.9 Å². The smallest absolute Gasteiger partial charge is 0.118 e. The van der Waals surface area contributed by atoms with Crippen LogP contribution in [0.4, 0.5) is 0 Å². The Hall–Kier alpha value is -0.700. The normalized spacial score (nSPS) is 12.2. The van der Waals surface area contributed by atoms with Gasteiger partial charge in [0, 0.05) is 4.47 Å². The van der Waals surface area contributed by atoms with Crippen LogP contribution < -0.4 is 4.74 Å². The Morgan fingerprint density at radius 1 is 1.16 bits per heavy atom. The fourth-order valence-electron chi connectivity index (χ4n) is 1.84. The summed E-state index contributed by atoms with van der Waals surface area (Å²) in [4.78, 5) is 0. The highest BCUT2D eigenvalue weighted by atomic mass is 79.9. The lowest BCUT2D eigenvalue weighted by Crippen LogP contribution is -1.97. The standard InChI is InChI=1S/C15H13BrCl2O/c1-19-11-7-5-10(6-8-11)9-14(17)12-3-2-4-13(16)15(12)18/h2-8,14H,9H2,1H3. The van der Waals surface area contributed by atoms with E-state index < -0.39 is 0 Å². The van der Waals surface area contributed by atoms with E-state index in [1.54, 1.807) is 7.11 Å². The Labute approximate surface area is 131 Å². The summed E-state index contributed by atoms with van der Waals surface area (Å²) in [5.74, 6) is 0.843. The quantitative estimate of drug-likeness (QED) is 0.642. The summed E-state index contributed by atoms with van der Waals surface area (Å²) in [5, 5.41) is 0.523. The molecule has 0 N–H and O–H groups in total. The average Bonchev–Trinajstić information content (AvgIpc) is 2.42. The van der Waals surface area contributed by atoms with E-state index in [0.29, 0.717) is 5.02 Å². The van der Waals surface area contributed by atoms with Crippen molar-refractivity contribution >= 4 is 39.1 Å². The van der Waals surface area contributed by atoms with Gasteiger partial charge in [0.15, 0.2) is 0 Å². The number of alkyl halides is 1. The number of benzene rings is 2. The molecular weight excluding hydrogens is 347 g/mol. The first-order valence-electron chi connectivity index (χ1n) is 5.82. The van der Waals surface area contributed by atoms with E-state index in [0.717, 1.165) is 27.8 Å². The molecule has 2 aromatic carbocycles. The van der Waals surface area contributed by atoms with Crippen LogP contribution in [0.15, 0.2) is 46.9 Å². The first-order valence-corrected chi connectivity index (χ1v) is 7.43. The zero-order valence-electron chi connectivity index (χ0n) is 10.4. The number of methoxy groups -OCH3 is 1. The molecule has 0 bridgehead atoms. The Balaban J connectivity index is 2.15. The van der Waals surface area contributed by atoms with Crippen LogP contribution in [0.2, 0.25) is 5.02 Å². The molecule has 0 amide bonds. The van der Waals surface area contributed by atoms with E-state index in [1.807, 2.05) is 42.5 Å². The summed E-state index contributed by atoms with van der Waals surface area (Å²) in [6, 6.07) is 13.7. The Morgan fingerprint density at radius 3 is 2.47 bits per heavy atom. The van der Waals surface area contributed by atoms with Crippen molar-refractivity contribution < 1.29 is 4.74 Å². The van der Waals surface area contributed by atoms with E-state index in [9.17, 15) is 0 Å². The van der Waals surface area contributed by atoms with Gasteiger partial charge in [-0.25, -0.2) is 0 Å². The van der Waals surface area contributed by atoms with Gasteiger partial charge in [0.2, 0.25) is 0 Å². The zero-order valence-corrected chi connectivity index (χ0v) is 13.5. The van der Waals surface area contributed by atoms with Gasteiger partial charge in [0.05, 0.1) is 17.5 Å². The number of ether oxygens (including phenoxy) is 1. The second kappa shape index (κ2) is 6.65. The van der Waals surface area contributed by atoms with Gasteiger partial charge in [-0.3, -0.25) is 0 Å². The summed E-state index contributed by atoms with van der Waals surface area (Å²) < 4.78 is 6.00. The van der Waals surface area contributed by atoms with Crippen LogP contribution in [0.3, 0.4) is 0 Å². The average molecular weight is 360 g/mol. The summed E-state index contributed by atoms with van der Waals surface area (Å²) in [6.45, 7) is 0. The molecule has 100 valence electrons. The van der Waals surface area contributed by atoms with Gasteiger partial charge in [0.1, 0.15) is 5.75 Å². The van der Waals surface area contributed by atoms with Gasteiger partial charge in [-0.05, 0) is 51.7 Å². The third-order valence-corrected chi connectivity index (χ3v) is 4.59. The SMILES string of the molecule is COc1ccc(CC(Cl)c2cccc(Br)c2Cl)cc1. The molecule has 0 saturated heterocycles. The Bertz CT molecular complexity index is 555. The molecule has 0 radical (unpaired) electrons. The van der Waals surface area contributed by atoms with Gasteiger partial charge in [-0.2, -0.15) is 0 Å². The number of rotatable bonds is 4. The molecule has 0 aliphatic rings. The number of hydrogen-bond acceptors (Lipinski definition) is 1. The van der Waals surface area contributed by atoms with Crippen LogP contribution in [0.25, 0.3) is 0 Å². The molecule has 0 spiro atoms. The van der Waals surface area contributed by atoms with E-state index in [-0.39, 0.29) is 5.38 Å². The predicted molar refractivity (Wildman–Crippen MR) is 84.4 cm³/mol. The number of halogens is 3. The van der Waals surface area contributed by atoms with Crippen molar-refractivity contribution in [3.63, 3.8) is 0 Å². The van der Waals surface area contributed by atoms with Crippen molar-refractivity contribution in [3.05, 3.63) is 63.1 Å². The zero-order chi connectivity index (χ0) is 13.8. The Morgan fingerprint density at radius 2 is 1.84 bits per heavy atom. The lowest BCUT2D eigenvalue weighted by molar-refractivity contribution is 0.414. The van der Waals surface area contributed by atoms with Crippen LogP contribution in [-0.4, -0.2) is 7.11 Å². The molecule has 0 saturated carbocycles. The van der Waals surface area contributed by atoms with E-state index in [1.165, 1.54) is 0 Å². The molecule has 1 unspecified atom stereocenters. The van der Waals surface area contributed by atoms with Gasteiger partial charge < -0.3 is 4.74 Å². The van der Waals surface area contributed by atoms with Gasteiger partial charge in [0.25, 0.3) is 0 Å². The monoisotopic (exact) mass is 358 g/mol. The van der Waals surface area contributed by atoms with Gasteiger partial charge in [-0.15, -0.1) is 11.6 Å². The molecule has 2 rings (SSSR count). The predicted octanol–water partition coefficient (Wildman–Crippen LogP) is 5.63. The van der Waals surface area contributed by atoms with Crippen molar-refractivity contribution in [3.8, 4) is 5.75 Å². The van der Waals surface area contributed by atoms with Crippen LogP contribution in [0, 0.1) is 0 Å². The summed E-state index contributed by atoms with van der Waals surface area (Å²) in [6.07, 6.45) is 0.724. The number of hydrogen-bond donors (Lipinski definition) is 0. The maximum Gasteiger partial charge on any atom is 0.118 e. The van der Waals surface area contributed by atoms with Crippen molar-refractivity contribution in [2.45, 2.75) is 11.8 Å². The summed E-state index contributed by atoms with van der Waals surface area (Å²) in [7, 11) is 1.65. The maximum atomic E-state index is 6.46. The topological polar surface area (TPSA) is 9.23 Å². The van der Waals surface area contributed by atoms with Crippen LogP contribution in [-0.2, 0) is 6.42 Å². The second-order valence-electron chi connectivity index (χ2n) is 4.16. The van der Waals surface area contributed by atoms with Crippen molar-refractivity contribution in [2.75, 3.05) is 7.11 Å². The molecule has 1 nitrogen and oxygen atoms in total. The van der Waals surface area contributed by atoms with Crippen molar-refractivity contribution in [1.29, 1.82) is 0 Å². The summed E-state index contributed by atoms with van der Waals surface area (Å²) in [5.41, 5.74) is 2.09. The third-order valence-electron chi connectivity index (χ3n) is 2.89. The first-order chi connectivity index (χ1) is 9.11. The lowest BCUT2D eigenvalue weighted by Gasteiger charge is -2.13. The molecule has 0 aromatic heterocycles. The molecule has 19 heavy (non-hydrogen) atoms. The highest BCUT2D eigenvalue weighted by Gasteiger charge is 2.14. The van der Waals surface area contributed by atoms with Crippen LogP contribution in [0.1, 0.15) is 16.5 Å². The molecule has 2 aromatic rings. The van der Waals surface area contributed by atoms with E-state index in [4.69, 9.17) is 27.9 Å². The minimum Gasteiger partial charge on any atom is -0.497 e. The largest absolute Gasteiger partial charge is 0.497 e. The van der Waals surface area contributed by atoms with Gasteiger partial charge >= 0.3 is 0 Å². The molecule has 0 heterocycles. The first kappa shape index (κ1) is 14.7. The van der Waals surface area contributed by atoms with Crippen molar-refractivity contribution in [2.24, 2.45) is 0 Å². The molecule has 1 atom stereocenters. The molecular formula is C15H13BrCl2O. The van der Waals surface area contributed by atoms with E-state index >= 15 is 0 Å². The summed E-state index contributed by atoms with van der Waals surface area (Å²) >= 11 is 16.1. The van der Waals surface area contributed by atoms with Crippen LogP contribution >= 0.6 is 39.1 Å². The molecule has 0 aliphatic carbocycles. The molecule has 0 aliphatic heterocycles. The highest BCUT2D eigenvalue weighted by Crippen LogP contribution is 2.35. The minimum absolute atomic E-state index is 0.154. The fourth-order valence-corrected chi connectivity index (χ4v) is 2.90. The minimum atomic E-state index is -0.154. The third kappa shape index (κ3) is 3.65. The Kier molecular flexibility index (Phi) is 5.14. The van der Waals surface area contributed by atoms with Crippen LogP contribution in [0.5, 0.6) is 5.75 Å². The second-order valence-corrected chi connectivity index (χ2v) is 5.92. The molecule has 0 fully saturated rings.